The lowest BCUT2D eigenvalue weighted by Gasteiger charge is -2.10. The minimum Gasteiger partial charge on any atom is -0.497 e. The van der Waals surface area contributed by atoms with Crippen molar-refractivity contribution in [2.75, 3.05) is 24.9 Å². The summed E-state index contributed by atoms with van der Waals surface area (Å²) in [5.41, 5.74) is 2.76. The lowest BCUT2D eigenvalue weighted by atomic mass is 10.2. The topological polar surface area (TPSA) is 89.5 Å². The number of anilines is 3. The highest BCUT2D eigenvalue weighted by Gasteiger charge is 2.09. The number of esters is 1. The van der Waals surface area contributed by atoms with E-state index >= 15 is 0 Å². The summed E-state index contributed by atoms with van der Waals surface area (Å²) in [6, 6.07) is 15.6. The van der Waals surface area contributed by atoms with Crippen LogP contribution < -0.4 is 15.4 Å². The molecule has 7 heteroatoms. The summed E-state index contributed by atoms with van der Waals surface area (Å²) in [5, 5.41) is 5.94. The first-order valence-corrected chi connectivity index (χ1v) is 8.45. The van der Waals surface area contributed by atoms with E-state index < -0.39 is 5.97 Å². The predicted octanol–water partition coefficient (Wildman–Crippen LogP) is 3.87. The van der Waals surface area contributed by atoms with E-state index in [1.54, 1.807) is 67.9 Å². The lowest BCUT2D eigenvalue weighted by molar-refractivity contribution is 0.0600. The Morgan fingerprint density at radius 3 is 2.32 bits per heavy atom. The molecule has 0 spiro atoms. The fourth-order valence-corrected chi connectivity index (χ4v) is 2.52. The molecule has 0 unspecified atom stereocenters. The quantitative estimate of drug-likeness (QED) is 0.634. The van der Waals surface area contributed by atoms with Crippen molar-refractivity contribution in [3.63, 3.8) is 0 Å². The second-order valence-corrected chi connectivity index (χ2v) is 5.84. The number of pyridine rings is 1. The molecule has 3 aromatic rings. The van der Waals surface area contributed by atoms with Gasteiger partial charge in [-0.15, -0.1) is 0 Å². The van der Waals surface area contributed by atoms with E-state index in [2.05, 4.69) is 15.6 Å². The summed E-state index contributed by atoms with van der Waals surface area (Å²) in [7, 11) is 2.91. The van der Waals surface area contributed by atoms with Crippen molar-refractivity contribution in [2.45, 2.75) is 0 Å². The number of hydrogen-bond donors (Lipinski definition) is 2. The van der Waals surface area contributed by atoms with Gasteiger partial charge in [-0.1, -0.05) is 6.07 Å². The number of nitrogens with one attached hydrogen (secondary N) is 2. The lowest BCUT2D eigenvalue weighted by Crippen LogP contribution is -2.12. The van der Waals surface area contributed by atoms with Gasteiger partial charge in [0.2, 0.25) is 0 Å². The van der Waals surface area contributed by atoms with Gasteiger partial charge in [0.1, 0.15) is 5.75 Å². The first-order chi connectivity index (χ1) is 13.6. The number of ether oxygens (including phenoxy) is 2. The number of carbonyl (C=O) groups is 2. The molecule has 3 rings (SSSR count). The molecule has 0 atom stereocenters. The molecule has 2 N–H and O–H groups in total. The average molecular weight is 377 g/mol. The number of rotatable bonds is 6. The van der Waals surface area contributed by atoms with Gasteiger partial charge in [0.05, 0.1) is 37.2 Å². The third-order valence-electron chi connectivity index (χ3n) is 3.92. The van der Waals surface area contributed by atoms with E-state index in [1.807, 2.05) is 0 Å². The molecule has 142 valence electrons. The second kappa shape index (κ2) is 8.68. The normalized spacial score (nSPS) is 10.1. The van der Waals surface area contributed by atoms with Crippen molar-refractivity contribution >= 4 is 28.9 Å². The summed E-state index contributed by atoms with van der Waals surface area (Å²) in [4.78, 5) is 28.2. The zero-order chi connectivity index (χ0) is 19.9. The van der Waals surface area contributed by atoms with Crippen LogP contribution in [-0.4, -0.2) is 31.1 Å². The summed E-state index contributed by atoms with van der Waals surface area (Å²) in [6.07, 6.45) is 3.07. The van der Waals surface area contributed by atoms with Gasteiger partial charge in [-0.05, 0) is 48.5 Å². The Morgan fingerprint density at radius 1 is 0.857 bits per heavy atom. The molecule has 1 heterocycles. The number of hydrogen-bond acceptors (Lipinski definition) is 6. The number of methoxy groups -OCH3 is 2. The van der Waals surface area contributed by atoms with Gasteiger partial charge in [0.25, 0.3) is 5.91 Å². The first kappa shape index (κ1) is 18.9. The van der Waals surface area contributed by atoms with Crippen LogP contribution in [0, 0.1) is 0 Å². The fourth-order valence-electron chi connectivity index (χ4n) is 2.52. The van der Waals surface area contributed by atoms with Crippen molar-refractivity contribution in [1.82, 2.24) is 4.98 Å². The fraction of sp³-hybridized carbons (Fsp3) is 0.0952. The van der Waals surface area contributed by atoms with Crippen molar-refractivity contribution in [2.24, 2.45) is 0 Å². The van der Waals surface area contributed by atoms with Crippen LogP contribution in [0.15, 0.2) is 67.0 Å². The number of carbonyl (C=O) groups excluding carboxylic acids is 2. The minimum absolute atomic E-state index is 0.287. The Bertz CT molecular complexity index is 987. The monoisotopic (exact) mass is 377 g/mol. The van der Waals surface area contributed by atoms with Crippen molar-refractivity contribution in [1.29, 1.82) is 0 Å². The van der Waals surface area contributed by atoms with Gasteiger partial charge in [-0.25, -0.2) is 4.79 Å². The van der Waals surface area contributed by atoms with E-state index in [1.165, 1.54) is 13.3 Å². The summed E-state index contributed by atoms with van der Waals surface area (Å²) in [5.74, 6) is -0.000860. The SMILES string of the molecule is COC(=O)c1cccc(Nc2cncc(C(=O)Nc3ccc(OC)cc3)c2)c1. The maximum Gasteiger partial charge on any atom is 0.337 e. The van der Waals surface area contributed by atoms with Crippen LogP contribution in [0.25, 0.3) is 0 Å². The number of nitrogens with zero attached hydrogens (tertiary/aromatic N) is 1. The predicted molar refractivity (Wildman–Crippen MR) is 106 cm³/mol. The smallest absolute Gasteiger partial charge is 0.337 e. The molecule has 2 aromatic carbocycles. The van der Waals surface area contributed by atoms with E-state index in [0.717, 1.165) is 0 Å². The molecule has 0 saturated carbocycles. The Kier molecular flexibility index (Phi) is 5.86. The third-order valence-corrected chi connectivity index (χ3v) is 3.92. The molecule has 1 amide bonds. The van der Waals surface area contributed by atoms with Gasteiger partial charge < -0.3 is 20.1 Å². The van der Waals surface area contributed by atoms with E-state index in [4.69, 9.17) is 9.47 Å². The Morgan fingerprint density at radius 2 is 1.61 bits per heavy atom. The summed E-state index contributed by atoms with van der Waals surface area (Å²) >= 11 is 0. The van der Waals surface area contributed by atoms with Crippen molar-refractivity contribution in [3.05, 3.63) is 78.1 Å². The second-order valence-electron chi connectivity index (χ2n) is 5.84. The Hall–Kier alpha value is -3.87. The largest absolute Gasteiger partial charge is 0.497 e. The van der Waals surface area contributed by atoms with Gasteiger partial charge in [-0.3, -0.25) is 9.78 Å². The molecule has 28 heavy (non-hydrogen) atoms. The molecule has 1 aromatic heterocycles. The van der Waals surface area contributed by atoms with Gasteiger partial charge in [0.15, 0.2) is 0 Å². The van der Waals surface area contributed by atoms with Crippen molar-refractivity contribution in [3.8, 4) is 5.75 Å². The van der Waals surface area contributed by atoms with Crippen LogP contribution in [0.4, 0.5) is 17.1 Å². The summed E-state index contributed by atoms with van der Waals surface area (Å²) < 4.78 is 9.82. The van der Waals surface area contributed by atoms with Crippen LogP contribution >= 0.6 is 0 Å². The average Bonchev–Trinajstić information content (AvgIpc) is 2.74. The number of aromatic nitrogens is 1. The molecule has 0 radical (unpaired) electrons. The maximum absolute atomic E-state index is 12.5. The van der Waals surface area contributed by atoms with E-state index in [-0.39, 0.29) is 5.91 Å². The zero-order valence-corrected chi connectivity index (χ0v) is 15.4. The van der Waals surface area contributed by atoms with Gasteiger partial charge in [-0.2, -0.15) is 0 Å². The molecule has 0 aliphatic carbocycles. The standard InChI is InChI=1S/C21H19N3O4/c1-27-19-8-6-16(7-9-19)24-20(25)15-11-18(13-22-12-15)23-17-5-3-4-14(10-17)21(26)28-2/h3-13,23H,1-2H3,(H,24,25). The molecular formula is C21H19N3O4. The summed E-state index contributed by atoms with van der Waals surface area (Å²) in [6.45, 7) is 0. The zero-order valence-electron chi connectivity index (χ0n) is 15.4. The Labute approximate surface area is 162 Å². The van der Waals surface area contributed by atoms with Crippen molar-refractivity contribution < 1.29 is 19.1 Å². The van der Waals surface area contributed by atoms with Crippen LogP contribution in [0.1, 0.15) is 20.7 Å². The van der Waals surface area contributed by atoms with E-state index in [0.29, 0.717) is 33.9 Å². The third kappa shape index (κ3) is 4.64. The van der Waals surface area contributed by atoms with Crippen LogP contribution in [0.3, 0.4) is 0 Å². The van der Waals surface area contributed by atoms with Gasteiger partial charge >= 0.3 is 5.97 Å². The maximum atomic E-state index is 12.5. The molecule has 0 saturated heterocycles. The highest BCUT2D eigenvalue weighted by molar-refractivity contribution is 6.04. The van der Waals surface area contributed by atoms with Gasteiger partial charge in [0, 0.05) is 17.6 Å². The highest BCUT2D eigenvalue weighted by Crippen LogP contribution is 2.20. The van der Waals surface area contributed by atoms with Crippen LogP contribution in [0.5, 0.6) is 5.75 Å². The number of amides is 1. The highest BCUT2D eigenvalue weighted by atomic mass is 16.5. The molecule has 0 aliphatic heterocycles. The Balaban J connectivity index is 1.72. The first-order valence-electron chi connectivity index (χ1n) is 8.45. The minimum atomic E-state index is -0.422. The molecule has 7 nitrogen and oxygen atoms in total. The van der Waals surface area contributed by atoms with Crippen LogP contribution in [-0.2, 0) is 4.74 Å². The molecule has 0 bridgehead atoms. The number of benzene rings is 2. The molecular weight excluding hydrogens is 358 g/mol. The molecule has 0 aliphatic rings. The van der Waals surface area contributed by atoms with Crippen LogP contribution in [0.2, 0.25) is 0 Å². The van der Waals surface area contributed by atoms with E-state index in [9.17, 15) is 9.59 Å². The molecule has 0 fully saturated rings.